The number of nitrogens with zero attached hydrogens (tertiary/aromatic N) is 1. The third-order valence-corrected chi connectivity index (χ3v) is 7.21. The molecule has 1 N–H and O–H groups in total. The maximum absolute atomic E-state index is 13.2. The van der Waals surface area contributed by atoms with Gasteiger partial charge >= 0.3 is 0 Å². The largest absolute Gasteiger partial charge is 0.493 e. The molecule has 2 aromatic rings. The molecule has 2 saturated heterocycles. The van der Waals surface area contributed by atoms with Crippen LogP contribution in [-0.2, 0) is 16.0 Å². The van der Waals surface area contributed by atoms with Crippen LogP contribution in [-0.4, -0.2) is 56.2 Å². The van der Waals surface area contributed by atoms with Crippen LogP contribution in [0.3, 0.4) is 0 Å². The van der Waals surface area contributed by atoms with Gasteiger partial charge in [-0.1, -0.05) is 6.07 Å². The summed E-state index contributed by atoms with van der Waals surface area (Å²) >= 11 is 0. The topological polar surface area (TPSA) is 77.1 Å². The van der Waals surface area contributed by atoms with Crippen molar-refractivity contribution in [3.63, 3.8) is 0 Å². The molecular formula is C28H35FN2O5. The summed E-state index contributed by atoms with van der Waals surface area (Å²) in [4.78, 5) is 27.3. The summed E-state index contributed by atoms with van der Waals surface area (Å²) < 4.78 is 29.7. The summed E-state index contributed by atoms with van der Waals surface area (Å²) in [5.74, 6) is 2.01. The summed E-state index contributed by atoms with van der Waals surface area (Å²) in [6.45, 7) is 1.88. The van der Waals surface area contributed by atoms with Crippen molar-refractivity contribution in [1.82, 2.24) is 10.2 Å². The number of methoxy groups -OCH3 is 2. The molecule has 0 aromatic heterocycles. The Morgan fingerprint density at radius 1 is 1.14 bits per heavy atom. The van der Waals surface area contributed by atoms with E-state index in [0.29, 0.717) is 62.5 Å². The normalized spacial score (nSPS) is 21.7. The smallest absolute Gasteiger partial charge is 0.222 e. The number of halogens is 1. The van der Waals surface area contributed by atoms with Crippen LogP contribution in [0.4, 0.5) is 4.39 Å². The zero-order chi connectivity index (χ0) is 25.5. The first-order valence-corrected chi connectivity index (χ1v) is 12.6. The fourth-order valence-electron chi connectivity index (χ4n) is 5.24. The molecule has 2 amide bonds. The van der Waals surface area contributed by atoms with Crippen molar-refractivity contribution in [2.45, 2.75) is 50.5 Å². The van der Waals surface area contributed by atoms with Crippen molar-refractivity contribution < 1.29 is 28.2 Å². The molecule has 0 aliphatic carbocycles. The molecular weight excluding hydrogens is 463 g/mol. The van der Waals surface area contributed by atoms with Gasteiger partial charge in [-0.25, -0.2) is 4.39 Å². The van der Waals surface area contributed by atoms with Crippen LogP contribution in [0.15, 0.2) is 42.5 Å². The monoisotopic (exact) mass is 498 g/mol. The van der Waals surface area contributed by atoms with Crippen molar-refractivity contribution in [2.75, 3.05) is 33.9 Å². The van der Waals surface area contributed by atoms with E-state index in [1.165, 1.54) is 12.1 Å². The van der Waals surface area contributed by atoms with Crippen molar-refractivity contribution in [3.05, 3.63) is 53.8 Å². The lowest BCUT2D eigenvalue weighted by Crippen LogP contribution is -2.46. The predicted octanol–water partition coefficient (Wildman–Crippen LogP) is 4.13. The Labute approximate surface area is 211 Å². The minimum atomic E-state index is -0.451. The Bertz CT molecular complexity index is 1060. The minimum absolute atomic E-state index is 0.0268. The van der Waals surface area contributed by atoms with E-state index in [1.54, 1.807) is 26.4 Å². The van der Waals surface area contributed by atoms with Crippen LogP contribution in [0.2, 0.25) is 0 Å². The second kappa shape index (κ2) is 11.6. The molecule has 2 aromatic carbocycles. The number of hydrogen-bond donors (Lipinski definition) is 1. The fraction of sp³-hybridized carbons (Fsp3) is 0.500. The quantitative estimate of drug-likeness (QED) is 0.533. The molecule has 36 heavy (non-hydrogen) atoms. The zero-order valence-corrected chi connectivity index (χ0v) is 21.1. The first kappa shape index (κ1) is 25.8. The molecule has 0 saturated carbocycles. The number of carbonyl (C=O) groups excluding carboxylic acids is 2. The van der Waals surface area contributed by atoms with Crippen molar-refractivity contribution in [2.24, 2.45) is 5.92 Å². The summed E-state index contributed by atoms with van der Waals surface area (Å²) in [6, 6.07) is 11.8. The highest BCUT2D eigenvalue weighted by Gasteiger charge is 2.38. The number of ether oxygens (including phenoxy) is 3. The molecule has 2 unspecified atom stereocenters. The van der Waals surface area contributed by atoms with Gasteiger partial charge in [-0.05, 0) is 74.1 Å². The number of rotatable bonds is 10. The second-order valence-corrected chi connectivity index (χ2v) is 9.81. The summed E-state index contributed by atoms with van der Waals surface area (Å²) in [5.41, 5.74) is 0.575. The van der Waals surface area contributed by atoms with Gasteiger partial charge in [0.2, 0.25) is 11.8 Å². The molecule has 194 valence electrons. The highest BCUT2D eigenvalue weighted by Crippen LogP contribution is 2.34. The van der Waals surface area contributed by atoms with Gasteiger partial charge in [-0.2, -0.15) is 0 Å². The van der Waals surface area contributed by atoms with E-state index in [0.717, 1.165) is 24.9 Å². The van der Waals surface area contributed by atoms with Crippen LogP contribution in [0, 0.1) is 11.7 Å². The third-order valence-electron chi connectivity index (χ3n) is 7.21. The van der Waals surface area contributed by atoms with Gasteiger partial charge in [0.05, 0.1) is 20.8 Å². The highest BCUT2D eigenvalue weighted by atomic mass is 19.1. The van der Waals surface area contributed by atoms with Gasteiger partial charge in [0.25, 0.3) is 0 Å². The van der Waals surface area contributed by atoms with Gasteiger partial charge in [0, 0.05) is 37.4 Å². The minimum Gasteiger partial charge on any atom is -0.493 e. The Kier molecular flexibility index (Phi) is 8.33. The molecule has 4 rings (SSSR count). The van der Waals surface area contributed by atoms with Crippen LogP contribution in [0.25, 0.3) is 0 Å². The number of carbonyl (C=O) groups is 2. The van der Waals surface area contributed by atoms with E-state index in [2.05, 4.69) is 5.32 Å². The maximum Gasteiger partial charge on any atom is 0.222 e. The van der Waals surface area contributed by atoms with Gasteiger partial charge < -0.3 is 24.4 Å². The van der Waals surface area contributed by atoms with Crippen molar-refractivity contribution >= 4 is 11.8 Å². The van der Waals surface area contributed by atoms with E-state index in [1.807, 2.05) is 23.1 Å². The lowest BCUT2D eigenvalue weighted by molar-refractivity contribution is -0.134. The lowest BCUT2D eigenvalue weighted by atomic mass is 9.84. The Morgan fingerprint density at radius 2 is 1.92 bits per heavy atom. The van der Waals surface area contributed by atoms with E-state index < -0.39 is 5.54 Å². The molecule has 7 nitrogen and oxygen atoms in total. The number of amides is 2. The van der Waals surface area contributed by atoms with Crippen molar-refractivity contribution in [3.8, 4) is 17.2 Å². The van der Waals surface area contributed by atoms with Gasteiger partial charge in [-0.3, -0.25) is 9.59 Å². The molecule has 0 bridgehead atoms. The Balaban J connectivity index is 1.34. The Hall–Kier alpha value is -3.29. The molecule has 2 aliphatic rings. The standard InChI is InChI=1S/C28H35FN2O5/c1-34-24-10-5-20(16-25(24)35-2)17-28(13-11-26(32)30-28)14-12-27(33)31-15-3-4-21(18-31)19-36-23-8-6-22(29)7-9-23/h5-10,16,21H,3-4,11-15,17-19H2,1-2H3,(H,30,32). The number of likely N-dealkylation sites (tertiary alicyclic amines) is 1. The molecule has 2 heterocycles. The number of nitrogens with one attached hydrogen (secondary N) is 1. The van der Waals surface area contributed by atoms with E-state index in [9.17, 15) is 14.0 Å². The van der Waals surface area contributed by atoms with E-state index >= 15 is 0 Å². The highest BCUT2D eigenvalue weighted by molar-refractivity contribution is 5.80. The van der Waals surface area contributed by atoms with Crippen LogP contribution >= 0.6 is 0 Å². The summed E-state index contributed by atoms with van der Waals surface area (Å²) in [5, 5.41) is 3.16. The van der Waals surface area contributed by atoms with Crippen LogP contribution < -0.4 is 19.5 Å². The summed E-state index contributed by atoms with van der Waals surface area (Å²) in [6.07, 6.45) is 4.66. The molecule has 2 fully saturated rings. The predicted molar refractivity (Wildman–Crippen MR) is 134 cm³/mol. The van der Waals surface area contributed by atoms with Crippen LogP contribution in [0.5, 0.6) is 17.2 Å². The van der Waals surface area contributed by atoms with Crippen LogP contribution in [0.1, 0.15) is 44.1 Å². The molecule has 0 radical (unpaired) electrons. The van der Waals surface area contributed by atoms with Gasteiger partial charge in [0.15, 0.2) is 11.5 Å². The first-order chi connectivity index (χ1) is 17.4. The average molecular weight is 499 g/mol. The SMILES string of the molecule is COc1ccc(CC2(CCC(=O)N3CCCC(COc4ccc(F)cc4)C3)CCC(=O)N2)cc1OC. The third kappa shape index (κ3) is 6.47. The molecule has 0 spiro atoms. The molecule has 2 aliphatic heterocycles. The van der Waals surface area contributed by atoms with E-state index in [4.69, 9.17) is 14.2 Å². The van der Waals surface area contributed by atoms with E-state index in [-0.39, 0.29) is 23.5 Å². The van der Waals surface area contributed by atoms with Crippen molar-refractivity contribution in [1.29, 1.82) is 0 Å². The second-order valence-electron chi connectivity index (χ2n) is 9.81. The average Bonchev–Trinajstić information content (AvgIpc) is 3.27. The number of hydrogen-bond acceptors (Lipinski definition) is 5. The zero-order valence-electron chi connectivity index (χ0n) is 21.1. The molecule has 8 heteroatoms. The number of piperidine rings is 1. The first-order valence-electron chi connectivity index (χ1n) is 12.6. The number of benzene rings is 2. The maximum atomic E-state index is 13.2. The molecule has 2 atom stereocenters. The fourth-order valence-corrected chi connectivity index (χ4v) is 5.24. The Morgan fingerprint density at radius 3 is 2.61 bits per heavy atom. The van der Waals surface area contributed by atoms with Gasteiger partial charge in [-0.15, -0.1) is 0 Å². The lowest BCUT2D eigenvalue weighted by Gasteiger charge is -2.34. The summed E-state index contributed by atoms with van der Waals surface area (Å²) in [7, 11) is 3.20. The van der Waals surface area contributed by atoms with Gasteiger partial charge in [0.1, 0.15) is 11.6 Å².